The highest BCUT2D eigenvalue weighted by Gasteiger charge is 2.52. The summed E-state index contributed by atoms with van der Waals surface area (Å²) >= 11 is 1.66. The maximum atomic E-state index is 5.96. The highest BCUT2D eigenvalue weighted by molar-refractivity contribution is 7.23. The minimum atomic E-state index is -0.268. The van der Waals surface area contributed by atoms with E-state index in [2.05, 4.69) is 34.3 Å². The summed E-state index contributed by atoms with van der Waals surface area (Å²) in [5.74, 6) is 0. The van der Waals surface area contributed by atoms with Crippen molar-refractivity contribution in [2.45, 2.75) is 38.9 Å². The Hall–Kier alpha value is -0.575. The Morgan fingerprint density at radius 1 is 1.19 bits per heavy atom. The summed E-state index contributed by atoms with van der Waals surface area (Å²) in [7, 11) is -0.247. The van der Waals surface area contributed by atoms with Gasteiger partial charge in [0.2, 0.25) is 0 Å². The van der Waals surface area contributed by atoms with Crippen LogP contribution in [0.3, 0.4) is 0 Å². The van der Waals surface area contributed by atoms with Gasteiger partial charge in [-0.2, -0.15) is 0 Å². The number of thiophene rings is 1. The van der Waals surface area contributed by atoms with Crippen LogP contribution in [-0.2, 0) is 9.31 Å². The predicted molar refractivity (Wildman–Crippen MR) is 70.1 cm³/mol. The summed E-state index contributed by atoms with van der Waals surface area (Å²) in [6.07, 6.45) is 1.85. The van der Waals surface area contributed by atoms with Gasteiger partial charge in [0.15, 0.2) is 0 Å². The summed E-state index contributed by atoms with van der Waals surface area (Å²) in [5.41, 5.74) is -0.536. The Morgan fingerprint density at radius 2 is 1.75 bits per heavy atom. The van der Waals surface area contributed by atoms with Crippen LogP contribution in [0.4, 0.5) is 0 Å². The molecule has 0 N–H and O–H groups in total. The van der Waals surface area contributed by atoms with Crippen LogP contribution >= 0.6 is 11.3 Å². The first-order valence-corrected chi connectivity index (χ1v) is 6.25. The van der Waals surface area contributed by atoms with E-state index >= 15 is 0 Å². The summed E-state index contributed by atoms with van der Waals surface area (Å²) < 4.78 is 13.0. The molecule has 1 aliphatic heterocycles. The molecule has 0 saturated carbocycles. The monoisotopic (exact) mass is 236 g/mol. The quantitative estimate of drug-likeness (QED) is 0.735. The molecule has 0 unspecified atom stereocenters. The second-order valence-corrected chi connectivity index (χ2v) is 6.18. The van der Waals surface area contributed by atoms with Crippen molar-refractivity contribution in [1.82, 2.24) is 0 Å². The van der Waals surface area contributed by atoms with Crippen LogP contribution in [0.5, 0.6) is 0 Å². The molecule has 0 aromatic carbocycles. The van der Waals surface area contributed by atoms with E-state index in [1.807, 2.05) is 18.2 Å². The zero-order chi connectivity index (χ0) is 12.0. The fourth-order valence-electron chi connectivity index (χ4n) is 1.56. The van der Waals surface area contributed by atoms with Crippen LogP contribution in [0.1, 0.15) is 32.6 Å². The van der Waals surface area contributed by atoms with Gasteiger partial charge in [-0.3, -0.25) is 0 Å². The summed E-state index contributed by atoms with van der Waals surface area (Å²) in [4.78, 5) is 1.14. The molecule has 2 nitrogen and oxygen atoms in total. The predicted octanol–water partition coefficient (Wildman–Crippen LogP) is 2.69. The van der Waals surface area contributed by atoms with Crippen LogP contribution in [0, 0.1) is 0 Å². The molecule has 0 spiro atoms. The summed E-state index contributed by atoms with van der Waals surface area (Å²) in [6.45, 7) is 12.0. The molecule has 0 bridgehead atoms. The maximum Gasteiger partial charge on any atom is 0.505 e. The molecule has 0 amide bonds. The van der Waals surface area contributed by atoms with Gasteiger partial charge < -0.3 is 9.31 Å². The third kappa shape index (κ3) is 1.86. The molecule has 1 aliphatic rings. The van der Waals surface area contributed by atoms with Gasteiger partial charge >= 0.3 is 7.12 Å². The Kier molecular flexibility index (Phi) is 2.77. The van der Waals surface area contributed by atoms with E-state index in [9.17, 15) is 0 Å². The molecule has 1 saturated heterocycles. The molecule has 2 heterocycles. The molecular weight excluding hydrogens is 219 g/mol. The van der Waals surface area contributed by atoms with Crippen LogP contribution < -0.4 is 4.78 Å². The fourth-order valence-corrected chi connectivity index (χ4v) is 2.38. The molecule has 2 rings (SSSR count). The van der Waals surface area contributed by atoms with E-state index in [-0.39, 0.29) is 18.3 Å². The molecule has 1 aromatic rings. The highest BCUT2D eigenvalue weighted by Crippen LogP contribution is 2.36. The third-order valence-electron chi connectivity index (χ3n) is 3.33. The topological polar surface area (TPSA) is 18.5 Å². The molecule has 16 heavy (non-hydrogen) atoms. The van der Waals surface area contributed by atoms with Crippen molar-refractivity contribution in [3.63, 3.8) is 0 Å². The van der Waals surface area contributed by atoms with E-state index in [4.69, 9.17) is 9.31 Å². The average Bonchev–Trinajstić information content (AvgIpc) is 2.70. The van der Waals surface area contributed by atoms with Crippen molar-refractivity contribution in [3.8, 4) is 0 Å². The molecule has 0 atom stereocenters. The second-order valence-electron chi connectivity index (χ2n) is 5.03. The van der Waals surface area contributed by atoms with Gasteiger partial charge in [0.1, 0.15) is 0 Å². The van der Waals surface area contributed by atoms with Crippen molar-refractivity contribution in [1.29, 1.82) is 0 Å². The molecule has 1 fully saturated rings. The molecule has 86 valence electrons. The zero-order valence-corrected chi connectivity index (χ0v) is 11.1. The molecular formula is C12H17BO2S. The van der Waals surface area contributed by atoms with Gasteiger partial charge in [0.05, 0.1) is 11.2 Å². The van der Waals surface area contributed by atoms with E-state index in [1.165, 1.54) is 0 Å². The smallest absolute Gasteiger partial charge is 0.399 e. The molecule has 4 heteroatoms. The minimum absolute atomic E-state index is 0.247. The van der Waals surface area contributed by atoms with Crippen molar-refractivity contribution in [2.75, 3.05) is 0 Å². The van der Waals surface area contributed by atoms with Gasteiger partial charge in [-0.15, -0.1) is 11.3 Å². The van der Waals surface area contributed by atoms with Crippen molar-refractivity contribution < 1.29 is 9.31 Å². The van der Waals surface area contributed by atoms with Gasteiger partial charge in [0.25, 0.3) is 0 Å². The normalized spacial score (nSPS) is 22.4. The van der Waals surface area contributed by atoms with Crippen molar-refractivity contribution >= 4 is 29.3 Å². The van der Waals surface area contributed by atoms with Crippen LogP contribution in [0.2, 0.25) is 0 Å². The SMILES string of the molecule is C=Cc1ccc(B2OC(C)(C)C(C)(C)O2)s1. The molecule has 0 radical (unpaired) electrons. The highest BCUT2D eigenvalue weighted by atomic mass is 32.1. The van der Waals surface area contributed by atoms with Crippen LogP contribution in [0.25, 0.3) is 6.08 Å². The maximum absolute atomic E-state index is 5.96. The van der Waals surface area contributed by atoms with Crippen molar-refractivity contribution in [3.05, 3.63) is 23.6 Å². The summed E-state index contributed by atoms with van der Waals surface area (Å²) in [5, 5.41) is 0. The standard InChI is InChI=1S/C12H17BO2S/c1-6-9-7-8-10(16-9)13-14-11(2,3)12(4,5)15-13/h6-8H,1H2,2-5H3. The third-order valence-corrected chi connectivity index (χ3v) is 4.44. The lowest BCUT2D eigenvalue weighted by Crippen LogP contribution is -2.41. The first kappa shape index (κ1) is 11.9. The first-order valence-electron chi connectivity index (χ1n) is 5.43. The lowest BCUT2D eigenvalue weighted by atomic mass is 9.88. The van der Waals surface area contributed by atoms with E-state index in [1.54, 1.807) is 11.3 Å². The minimum Gasteiger partial charge on any atom is -0.399 e. The number of rotatable bonds is 2. The second kappa shape index (κ2) is 3.72. The Balaban J connectivity index is 2.23. The van der Waals surface area contributed by atoms with Gasteiger partial charge in [-0.25, -0.2) is 0 Å². The van der Waals surface area contributed by atoms with Gasteiger partial charge in [0, 0.05) is 9.65 Å². The van der Waals surface area contributed by atoms with Gasteiger partial charge in [-0.05, 0) is 33.8 Å². The lowest BCUT2D eigenvalue weighted by molar-refractivity contribution is 0.00578. The molecule has 0 aliphatic carbocycles. The molecule has 1 aromatic heterocycles. The van der Waals surface area contributed by atoms with E-state index in [0.29, 0.717) is 0 Å². The average molecular weight is 236 g/mol. The number of hydrogen-bond acceptors (Lipinski definition) is 3. The largest absolute Gasteiger partial charge is 0.505 e. The Bertz CT molecular complexity index is 393. The fraction of sp³-hybridized carbons (Fsp3) is 0.500. The summed E-state index contributed by atoms with van der Waals surface area (Å²) in [6, 6.07) is 4.09. The van der Waals surface area contributed by atoms with Crippen molar-refractivity contribution in [2.24, 2.45) is 0 Å². The van der Waals surface area contributed by atoms with Crippen LogP contribution in [-0.4, -0.2) is 18.3 Å². The Morgan fingerprint density at radius 3 is 2.19 bits per heavy atom. The number of hydrogen-bond donors (Lipinski definition) is 0. The van der Waals surface area contributed by atoms with E-state index < -0.39 is 0 Å². The van der Waals surface area contributed by atoms with Crippen LogP contribution in [0.15, 0.2) is 18.7 Å². The Labute approximate surface area is 101 Å². The first-order chi connectivity index (χ1) is 7.36. The zero-order valence-electron chi connectivity index (χ0n) is 10.2. The lowest BCUT2D eigenvalue weighted by Gasteiger charge is -2.32. The van der Waals surface area contributed by atoms with Gasteiger partial charge in [-0.1, -0.05) is 18.7 Å². The van der Waals surface area contributed by atoms with E-state index in [0.717, 1.165) is 9.65 Å².